The van der Waals surface area contributed by atoms with Crippen molar-refractivity contribution in [3.63, 3.8) is 0 Å². The predicted molar refractivity (Wildman–Crippen MR) is 110 cm³/mol. The fourth-order valence-electron chi connectivity index (χ4n) is 2.19. The quantitative estimate of drug-likeness (QED) is 0.325. The van der Waals surface area contributed by atoms with Crippen LogP contribution in [0.4, 0.5) is 4.79 Å². The normalized spacial score (nSPS) is 12.0. The molecule has 164 valence electrons. The highest BCUT2D eigenvalue weighted by Crippen LogP contribution is 2.09. The SMILES string of the molecule is COC(=O)CNC(=O)C(Cc1ccc(/C=N/NC(C)=O)cc1)NC(=O)OC(C)(C)C. The van der Waals surface area contributed by atoms with E-state index >= 15 is 0 Å². The first-order chi connectivity index (χ1) is 14.0. The molecule has 1 atom stereocenters. The molecular formula is C20H28N4O6. The lowest BCUT2D eigenvalue weighted by Gasteiger charge is -2.23. The van der Waals surface area contributed by atoms with Crippen molar-refractivity contribution in [2.45, 2.75) is 45.8 Å². The first-order valence-electron chi connectivity index (χ1n) is 9.23. The molecular weight excluding hydrogens is 392 g/mol. The maximum atomic E-state index is 12.5. The average molecular weight is 420 g/mol. The molecule has 1 aromatic rings. The van der Waals surface area contributed by atoms with Gasteiger partial charge in [0.1, 0.15) is 18.2 Å². The van der Waals surface area contributed by atoms with E-state index in [1.807, 2.05) is 0 Å². The lowest BCUT2D eigenvalue weighted by Crippen LogP contribution is -2.50. The molecule has 0 heterocycles. The molecule has 10 heteroatoms. The minimum atomic E-state index is -0.969. The number of esters is 1. The first-order valence-corrected chi connectivity index (χ1v) is 9.23. The lowest BCUT2D eigenvalue weighted by molar-refractivity contribution is -0.141. The van der Waals surface area contributed by atoms with Gasteiger partial charge in [0.2, 0.25) is 11.8 Å². The van der Waals surface area contributed by atoms with E-state index in [9.17, 15) is 19.2 Å². The molecule has 1 rings (SSSR count). The lowest BCUT2D eigenvalue weighted by atomic mass is 10.0. The Morgan fingerprint density at radius 2 is 1.77 bits per heavy atom. The van der Waals surface area contributed by atoms with Crippen molar-refractivity contribution in [2.24, 2.45) is 5.10 Å². The Morgan fingerprint density at radius 3 is 2.30 bits per heavy atom. The standard InChI is InChI=1S/C20H28N4O6/c1-13(25)24-22-11-15-8-6-14(7-9-15)10-16(18(27)21-12-17(26)29-5)23-19(28)30-20(2,3)4/h6-9,11,16H,10,12H2,1-5H3,(H,21,27)(H,23,28)(H,24,25)/b22-11+. The van der Waals surface area contributed by atoms with E-state index in [0.717, 1.165) is 11.1 Å². The van der Waals surface area contributed by atoms with E-state index in [1.165, 1.54) is 20.2 Å². The van der Waals surface area contributed by atoms with Gasteiger partial charge in [-0.1, -0.05) is 24.3 Å². The highest BCUT2D eigenvalue weighted by molar-refractivity contribution is 5.88. The third-order valence-corrected chi connectivity index (χ3v) is 3.50. The van der Waals surface area contributed by atoms with Crippen molar-refractivity contribution in [1.29, 1.82) is 0 Å². The second-order valence-corrected chi connectivity index (χ2v) is 7.36. The maximum absolute atomic E-state index is 12.5. The number of hydrazone groups is 1. The summed E-state index contributed by atoms with van der Waals surface area (Å²) in [6.07, 6.45) is 0.889. The molecule has 0 aromatic heterocycles. The third kappa shape index (κ3) is 10.2. The van der Waals surface area contributed by atoms with Crippen molar-refractivity contribution in [3.05, 3.63) is 35.4 Å². The summed E-state index contributed by atoms with van der Waals surface area (Å²) >= 11 is 0. The molecule has 0 aliphatic rings. The Hall–Kier alpha value is -3.43. The molecule has 0 aliphatic carbocycles. The van der Waals surface area contributed by atoms with E-state index in [-0.39, 0.29) is 18.9 Å². The number of alkyl carbamates (subject to hydrolysis) is 1. The predicted octanol–water partition coefficient (Wildman–Crippen LogP) is 0.882. The van der Waals surface area contributed by atoms with Gasteiger partial charge in [-0.25, -0.2) is 10.2 Å². The van der Waals surface area contributed by atoms with Gasteiger partial charge in [-0.15, -0.1) is 0 Å². The van der Waals surface area contributed by atoms with Crippen molar-refractivity contribution in [1.82, 2.24) is 16.1 Å². The van der Waals surface area contributed by atoms with Crippen LogP contribution in [0, 0.1) is 0 Å². The molecule has 30 heavy (non-hydrogen) atoms. The number of methoxy groups -OCH3 is 1. The molecule has 3 N–H and O–H groups in total. The fourth-order valence-corrected chi connectivity index (χ4v) is 2.19. The number of rotatable bonds is 8. The molecule has 0 bridgehead atoms. The van der Waals surface area contributed by atoms with E-state index in [4.69, 9.17) is 4.74 Å². The van der Waals surface area contributed by atoms with Gasteiger partial charge in [-0.2, -0.15) is 5.10 Å². The number of nitrogens with one attached hydrogen (secondary N) is 3. The van der Waals surface area contributed by atoms with E-state index in [1.54, 1.807) is 45.0 Å². The average Bonchev–Trinajstić information content (AvgIpc) is 2.64. The molecule has 0 fully saturated rings. The zero-order valence-corrected chi connectivity index (χ0v) is 17.8. The number of carbonyl (C=O) groups excluding carboxylic acids is 4. The van der Waals surface area contributed by atoms with Gasteiger partial charge in [-0.3, -0.25) is 14.4 Å². The van der Waals surface area contributed by atoms with Crippen molar-refractivity contribution >= 4 is 30.1 Å². The number of hydrogen-bond donors (Lipinski definition) is 3. The van der Waals surface area contributed by atoms with Gasteiger partial charge in [-0.05, 0) is 31.9 Å². The van der Waals surface area contributed by atoms with Crippen LogP contribution in [-0.4, -0.2) is 55.4 Å². The van der Waals surface area contributed by atoms with Crippen LogP contribution < -0.4 is 16.1 Å². The second kappa shape index (κ2) is 11.5. The number of benzene rings is 1. The minimum Gasteiger partial charge on any atom is -0.468 e. The highest BCUT2D eigenvalue weighted by atomic mass is 16.6. The Kier molecular flexibility index (Phi) is 9.47. The summed E-state index contributed by atoms with van der Waals surface area (Å²) in [6, 6.07) is 6.04. The topological polar surface area (TPSA) is 135 Å². The second-order valence-electron chi connectivity index (χ2n) is 7.36. The van der Waals surface area contributed by atoms with Crippen molar-refractivity contribution in [3.8, 4) is 0 Å². The third-order valence-electron chi connectivity index (χ3n) is 3.50. The minimum absolute atomic E-state index is 0.162. The molecule has 0 radical (unpaired) electrons. The smallest absolute Gasteiger partial charge is 0.408 e. The first kappa shape index (κ1) is 24.6. The van der Waals surface area contributed by atoms with Crippen LogP contribution in [0.1, 0.15) is 38.8 Å². The maximum Gasteiger partial charge on any atom is 0.408 e. The van der Waals surface area contributed by atoms with Crippen molar-refractivity contribution in [2.75, 3.05) is 13.7 Å². The summed E-state index contributed by atoms with van der Waals surface area (Å²) < 4.78 is 9.71. The molecule has 3 amide bonds. The van der Waals surface area contributed by atoms with Crippen LogP contribution in [-0.2, 0) is 30.3 Å². The molecule has 0 saturated carbocycles. The summed E-state index contributed by atoms with van der Waals surface area (Å²) in [5.74, 6) is -1.44. The van der Waals surface area contributed by atoms with E-state index in [2.05, 4.69) is 25.9 Å². The van der Waals surface area contributed by atoms with Crippen molar-refractivity contribution < 1.29 is 28.7 Å². The molecule has 0 aliphatic heterocycles. The van der Waals surface area contributed by atoms with Crippen LogP contribution in [0.15, 0.2) is 29.4 Å². The summed E-state index contributed by atoms with van der Waals surface area (Å²) in [4.78, 5) is 46.7. The number of nitrogens with zero attached hydrogens (tertiary/aromatic N) is 1. The summed E-state index contributed by atoms with van der Waals surface area (Å²) in [5, 5.41) is 8.73. The van der Waals surface area contributed by atoms with Gasteiger partial charge < -0.3 is 20.1 Å². The number of hydrogen-bond acceptors (Lipinski definition) is 7. The zero-order chi connectivity index (χ0) is 22.7. The van der Waals surface area contributed by atoms with Gasteiger partial charge >= 0.3 is 12.1 Å². The largest absolute Gasteiger partial charge is 0.468 e. The Labute approximate surface area is 175 Å². The van der Waals surface area contributed by atoms with Crippen LogP contribution >= 0.6 is 0 Å². The Bertz CT molecular complexity index is 783. The number of carbonyl (C=O) groups is 4. The molecule has 10 nitrogen and oxygen atoms in total. The summed E-state index contributed by atoms with van der Waals surface area (Å²) in [5.41, 5.74) is 3.06. The summed E-state index contributed by atoms with van der Waals surface area (Å²) in [6.45, 7) is 6.16. The number of ether oxygens (including phenoxy) is 2. The van der Waals surface area contributed by atoms with E-state index < -0.39 is 29.6 Å². The van der Waals surface area contributed by atoms with Crippen LogP contribution in [0.3, 0.4) is 0 Å². The fraction of sp³-hybridized carbons (Fsp3) is 0.450. The zero-order valence-electron chi connectivity index (χ0n) is 17.8. The summed E-state index contributed by atoms with van der Waals surface area (Å²) in [7, 11) is 1.21. The van der Waals surface area contributed by atoms with Gasteiger partial charge in [0.15, 0.2) is 0 Å². The molecule has 1 aromatic carbocycles. The van der Waals surface area contributed by atoms with Gasteiger partial charge in [0.25, 0.3) is 0 Å². The van der Waals surface area contributed by atoms with Crippen LogP contribution in [0.25, 0.3) is 0 Å². The van der Waals surface area contributed by atoms with Crippen LogP contribution in [0.2, 0.25) is 0 Å². The van der Waals surface area contributed by atoms with Gasteiger partial charge in [0, 0.05) is 13.3 Å². The molecule has 0 spiro atoms. The van der Waals surface area contributed by atoms with Crippen LogP contribution in [0.5, 0.6) is 0 Å². The highest BCUT2D eigenvalue weighted by Gasteiger charge is 2.25. The van der Waals surface area contributed by atoms with E-state index in [0.29, 0.717) is 0 Å². The van der Waals surface area contributed by atoms with Gasteiger partial charge in [0.05, 0.1) is 13.3 Å². The Balaban J connectivity index is 2.86. The molecule has 0 saturated heterocycles. The monoisotopic (exact) mass is 420 g/mol. The molecule has 1 unspecified atom stereocenters. The number of amides is 3. The Morgan fingerprint density at radius 1 is 1.13 bits per heavy atom.